The van der Waals surface area contributed by atoms with Gasteiger partial charge >= 0.3 is 0 Å². The van der Waals surface area contributed by atoms with Crippen LogP contribution in [0.3, 0.4) is 0 Å². The molecule has 0 amide bonds. The lowest BCUT2D eigenvalue weighted by atomic mass is 10.1. The maximum atomic E-state index is 9.38. The van der Waals surface area contributed by atoms with Crippen LogP contribution in [0, 0.1) is 11.3 Å². The number of nitriles is 1. The van der Waals surface area contributed by atoms with Crippen molar-refractivity contribution in [3.8, 4) is 17.6 Å². The Morgan fingerprint density at radius 1 is 1.38 bits per heavy atom. The normalized spacial score (nSPS) is 14.5. The average molecular weight is 321 g/mol. The Kier molecular flexibility index (Phi) is 4.30. The highest BCUT2D eigenvalue weighted by Gasteiger charge is 2.20. The third kappa shape index (κ3) is 3.13. The fourth-order valence-corrected chi connectivity index (χ4v) is 3.08. The SMILES string of the molecule is N#CC(NCc1cccs1)c1cc(Cl)c2c(c1)OCCO2. The molecule has 4 nitrogen and oxygen atoms in total. The van der Waals surface area contributed by atoms with Gasteiger partial charge in [0, 0.05) is 11.4 Å². The number of hydrogen-bond acceptors (Lipinski definition) is 5. The summed E-state index contributed by atoms with van der Waals surface area (Å²) in [5.41, 5.74) is 0.781. The summed E-state index contributed by atoms with van der Waals surface area (Å²) in [6.07, 6.45) is 0. The van der Waals surface area contributed by atoms with Gasteiger partial charge in [-0.3, -0.25) is 5.32 Å². The minimum atomic E-state index is -0.444. The Hall–Kier alpha value is -1.74. The second kappa shape index (κ2) is 6.35. The monoisotopic (exact) mass is 320 g/mol. The molecule has 0 fully saturated rings. The Balaban J connectivity index is 1.80. The van der Waals surface area contributed by atoms with Gasteiger partial charge in [0.15, 0.2) is 11.5 Å². The molecule has 0 spiro atoms. The van der Waals surface area contributed by atoms with E-state index in [9.17, 15) is 5.26 Å². The van der Waals surface area contributed by atoms with E-state index in [2.05, 4.69) is 11.4 Å². The van der Waals surface area contributed by atoms with Crippen molar-refractivity contribution in [3.05, 3.63) is 45.1 Å². The summed E-state index contributed by atoms with van der Waals surface area (Å²) >= 11 is 7.86. The summed E-state index contributed by atoms with van der Waals surface area (Å²) in [6.45, 7) is 1.62. The molecular formula is C15H13ClN2O2S. The highest BCUT2D eigenvalue weighted by molar-refractivity contribution is 7.09. The van der Waals surface area contributed by atoms with Gasteiger partial charge < -0.3 is 9.47 Å². The van der Waals surface area contributed by atoms with Crippen LogP contribution in [-0.4, -0.2) is 13.2 Å². The fraction of sp³-hybridized carbons (Fsp3) is 0.267. The van der Waals surface area contributed by atoms with Crippen molar-refractivity contribution < 1.29 is 9.47 Å². The van der Waals surface area contributed by atoms with Crippen LogP contribution in [0.25, 0.3) is 0 Å². The number of rotatable bonds is 4. The van der Waals surface area contributed by atoms with Gasteiger partial charge in [-0.25, -0.2) is 0 Å². The third-order valence-electron chi connectivity index (χ3n) is 3.14. The second-order valence-corrected chi connectivity index (χ2v) is 5.99. The maximum Gasteiger partial charge on any atom is 0.179 e. The lowest BCUT2D eigenvalue weighted by molar-refractivity contribution is 0.171. The molecule has 0 aliphatic carbocycles. The molecule has 108 valence electrons. The molecule has 0 saturated heterocycles. The van der Waals surface area contributed by atoms with Crippen LogP contribution in [0.15, 0.2) is 29.6 Å². The van der Waals surface area contributed by atoms with Gasteiger partial charge in [0.1, 0.15) is 19.3 Å². The average Bonchev–Trinajstić information content (AvgIpc) is 3.01. The minimum Gasteiger partial charge on any atom is -0.486 e. The van der Waals surface area contributed by atoms with Crippen molar-refractivity contribution in [3.63, 3.8) is 0 Å². The largest absolute Gasteiger partial charge is 0.486 e. The standard InChI is InChI=1S/C15H13ClN2O2S/c16-12-6-10(7-14-15(12)20-4-3-19-14)13(8-17)18-9-11-2-1-5-21-11/h1-2,5-7,13,18H,3-4,9H2. The van der Waals surface area contributed by atoms with E-state index in [0.717, 1.165) is 5.56 Å². The van der Waals surface area contributed by atoms with Gasteiger partial charge in [0.25, 0.3) is 0 Å². The van der Waals surface area contributed by atoms with E-state index in [-0.39, 0.29) is 0 Å². The van der Waals surface area contributed by atoms with E-state index < -0.39 is 6.04 Å². The van der Waals surface area contributed by atoms with Crippen LogP contribution in [0.2, 0.25) is 5.02 Å². The van der Waals surface area contributed by atoms with E-state index >= 15 is 0 Å². The Bertz CT molecular complexity index is 667. The summed E-state index contributed by atoms with van der Waals surface area (Å²) in [7, 11) is 0. The number of ether oxygens (including phenoxy) is 2. The van der Waals surface area contributed by atoms with Crippen LogP contribution in [0.1, 0.15) is 16.5 Å². The predicted octanol–water partition coefficient (Wildman–Crippen LogP) is 3.53. The van der Waals surface area contributed by atoms with Crippen molar-refractivity contribution >= 4 is 22.9 Å². The van der Waals surface area contributed by atoms with Crippen LogP contribution >= 0.6 is 22.9 Å². The van der Waals surface area contributed by atoms with Crippen molar-refractivity contribution in [2.45, 2.75) is 12.6 Å². The number of thiophene rings is 1. The maximum absolute atomic E-state index is 9.38. The minimum absolute atomic E-state index is 0.444. The topological polar surface area (TPSA) is 54.3 Å². The van der Waals surface area contributed by atoms with Gasteiger partial charge in [0.05, 0.1) is 11.1 Å². The number of benzene rings is 1. The van der Waals surface area contributed by atoms with Crippen molar-refractivity contribution in [2.75, 3.05) is 13.2 Å². The third-order valence-corrected chi connectivity index (χ3v) is 4.30. The summed E-state index contributed by atoms with van der Waals surface area (Å²) in [5.74, 6) is 1.16. The van der Waals surface area contributed by atoms with E-state index in [1.54, 1.807) is 17.4 Å². The first-order chi connectivity index (χ1) is 10.3. The second-order valence-electron chi connectivity index (χ2n) is 4.55. The zero-order valence-corrected chi connectivity index (χ0v) is 12.7. The Labute approximate surface area is 131 Å². The Morgan fingerprint density at radius 3 is 3.00 bits per heavy atom. The molecule has 1 aliphatic heterocycles. The van der Waals surface area contributed by atoms with Gasteiger partial charge in [-0.2, -0.15) is 5.26 Å². The molecule has 6 heteroatoms. The van der Waals surface area contributed by atoms with Crippen molar-refractivity contribution in [1.82, 2.24) is 5.32 Å². The fourth-order valence-electron chi connectivity index (χ4n) is 2.15. The van der Waals surface area contributed by atoms with Gasteiger partial charge in [-0.05, 0) is 29.1 Å². The summed E-state index contributed by atoms with van der Waals surface area (Å²) < 4.78 is 11.0. The van der Waals surface area contributed by atoms with Gasteiger partial charge in [-0.1, -0.05) is 17.7 Å². The first-order valence-corrected chi connectivity index (χ1v) is 7.78. The lowest BCUT2D eigenvalue weighted by Crippen LogP contribution is -2.20. The number of nitrogens with one attached hydrogen (secondary N) is 1. The zero-order valence-electron chi connectivity index (χ0n) is 11.1. The van der Waals surface area contributed by atoms with Crippen molar-refractivity contribution in [2.24, 2.45) is 0 Å². The van der Waals surface area contributed by atoms with Crippen LogP contribution in [-0.2, 0) is 6.54 Å². The first kappa shape index (κ1) is 14.2. The van der Waals surface area contributed by atoms with E-state index in [1.165, 1.54) is 4.88 Å². The van der Waals surface area contributed by atoms with Gasteiger partial charge in [0.2, 0.25) is 0 Å². The molecule has 1 aromatic carbocycles. The molecule has 3 rings (SSSR count). The van der Waals surface area contributed by atoms with Gasteiger partial charge in [-0.15, -0.1) is 11.3 Å². The van der Waals surface area contributed by atoms with Crippen molar-refractivity contribution in [1.29, 1.82) is 5.26 Å². The molecule has 0 bridgehead atoms. The number of fused-ring (bicyclic) bond motifs is 1. The predicted molar refractivity (Wildman–Crippen MR) is 82.0 cm³/mol. The summed E-state index contributed by atoms with van der Waals surface area (Å²) in [5, 5.41) is 15.1. The summed E-state index contributed by atoms with van der Waals surface area (Å²) in [4.78, 5) is 1.18. The van der Waals surface area contributed by atoms with Crippen LogP contribution in [0.5, 0.6) is 11.5 Å². The Morgan fingerprint density at radius 2 is 2.24 bits per heavy atom. The molecular weight excluding hydrogens is 308 g/mol. The molecule has 1 aliphatic rings. The molecule has 1 unspecified atom stereocenters. The van der Waals surface area contributed by atoms with Crippen LogP contribution < -0.4 is 14.8 Å². The number of halogens is 1. The van der Waals surface area contributed by atoms with E-state index in [1.807, 2.05) is 23.6 Å². The molecule has 21 heavy (non-hydrogen) atoms. The molecule has 1 N–H and O–H groups in total. The van der Waals surface area contributed by atoms with E-state index in [0.29, 0.717) is 36.3 Å². The highest BCUT2D eigenvalue weighted by Crippen LogP contribution is 2.39. The molecule has 1 aromatic heterocycles. The first-order valence-electron chi connectivity index (χ1n) is 6.52. The summed E-state index contributed by atoms with van der Waals surface area (Å²) in [6, 6.07) is 9.40. The van der Waals surface area contributed by atoms with E-state index in [4.69, 9.17) is 21.1 Å². The number of hydrogen-bond donors (Lipinski definition) is 1. The highest BCUT2D eigenvalue weighted by atomic mass is 35.5. The quantitative estimate of drug-likeness (QED) is 0.936. The molecule has 1 atom stereocenters. The van der Waals surface area contributed by atoms with Crippen LogP contribution in [0.4, 0.5) is 0 Å². The lowest BCUT2D eigenvalue weighted by Gasteiger charge is -2.21. The molecule has 2 heterocycles. The number of nitrogens with zero attached hydrogens (tertiary/aromatic N) is 1. The molecule has 0 saturated carbocycles. The molecule has 0 radical (unpaired) electrons. The molecule has 2 aromatic rings. The smallest absolute Gasteiger partial charge is 0.179 e. The zero-order chi connectivity index (χ0) is 14.7.